The van der Waals surface area contributed by atoms with Crippen LogP contribution in [0.25, 0.3) is 0 Å². The molecule has 104 valence electrons. The molecular weight excluding hydrogens is 277 g/mol. The number of carbonyl (C=O) groups is 1. The zero-order valence-electron chi connectivity index (χ0n) is 10.2. The van der Waals surface area contributed by atoms with Gasteiger partial charge in [-0.25, -0.2) is 19.2 Å². The van der Waals surface area contributed by atoms with Crippen molar-refractivity contribution < 1.29 is 19.0 Å². The van der Waals surface area contributed by atoms with Crippen LogP contribution < -0.4 is 4.74 Å². The van der Waals surface area contributed by atoms with Crippen molar-refractivity contribution >= 4 is 17.7 Å². The van der Waals surface area contributed by atoms with Gasteiger partial charge in [0.2, 0.25) is 5.88 Å². The van der Waals surface area contributed by atoms with Gasteiger partial charge in [-0.15, -0.1) is 0 Å². The molecule has 0 unspecified atom stereocenters. The van der Waals surface area contributed by atoms with Gasteiger partial charge in [0.25, 0.3) is 0 Å². The molecule has 2 heterocycles. The van der Waals surface area contributed by atoms with E-state index >= 15 is 0 Å². The summed E-state index contributed by atoms with van der Waals surface area (Å²) in [6.45, 7) is 1.72. The minimum atomic E-state index is -1.39. The topological polar surface area (TPSA) is 75.6 Å². The van der Waals surface area contributed by atoms with Crippen molar-refractivity contribution in [2.75, 3.05) is 13.1 Å². The van der Waals surface area contributed by atoms with E-state index in [2.05, 4.69) is 9.97 Å². The number of nitrogens with zero attached hydrogens (tertiary/aromatic N) is 3. The number of alkyl halides is 1. The summed E-state index contributed by atoms with van der Waals surface area (Å²) >= 11 is 5.82. The Balaban J connectivity index is 2.04. The third kappa shape index (κ3) is 3.04. The Labute approximate surface area is 114 Å². The molecule has 8 heteroatoms. The van der Waals surface area contributed by atoms with Crippen LogP contribution in [-0.4, -0.2) is 51.4 Å². The summed E-state index contributed by atoms with van der Waals surface area (Å²) in [7, 11) is 0. The van der Waals surface area contributed by atoms with Crippen molar-refractivity contribution in [3.05, 3.63) is 17.0 Å². The lowest BCUT2D eigenvalue weighted by Gasteiger charge is -2.32. The molecule has 1 saturated heterocycles. The zero-order valence-corrected chi connectivity index (χ0v) is 11.0. The molecule has 19 heavy (non-hydrogen) atoms. The third-order valence-corrected chi connectivity index (χ3v) is 3.37. The smallest absolute Gasteiger partial charge is 0.407 e. The van der Waals surface area contributed by atoms with Gasteiger partial charge in [-0.3, -0.25) is 0 Å². The van der Waals surface area contributed by atoms with Crippen molar-refractivity contribution in [1.29, 1.82) is 0 Å². The summed E-state index contributed by atoms with van der Waals surface area (Å²) in [5.74, 6) is 0.233. The van der Waals surface area contributed by atoms with Crippen LogP contribution in [0.3, 0.4) is 0 Å². The van der Waals surface area contributed by atoms with Crippen molar-refractivity contribution in [3.8, 4) is 5.88 Å². The quantitative estimate of drug-likeness (QED) is 0.842. The van der Waals surface area contributed by atoms with E-state index in [0.717, 1.165) is 4.90 Å². The standard InChI is InChI=1S/C11H13ClFN3O3/c1-6-9(12)14-5-15-10(6)19-8-2-3-16(11(17)18)4-7(8)13/h5,7-8H,2-4H2,1H3,(H,17,18)/t7-,8+/m1/s1. The van der Waals surface area contributed by atoms with Crippen LogP contribution in [0.5, 0.6) is 5.88 Å². The number of ether oxygens (including phenoxy) is 1. The van der Waals surface area contributed by atoms with Crippen LogP contribution in [0.1, 0.15) is 12.0 Å². The first-order valence-corrected chi connectivity index (χ1v) is 6.12. The van der Waals surface area contributed by atoms with Crippen LogP contribution in [0.4, 0.5) is 9.18 Å². The van der Waals surface area contributed by atoms with Crippen molar-refractivity contribution in [2.24, 2.45) is 0 Å². The van der Waals surface area contributed by atoms with Gasteiger partial charge in [0.05, 0.1) is 6.54 Å². The highest BCUT2D eigenvalue weighted by atomic mass is 35.5. The van der Waals surface area contributed by atoms with Crippen LogP contribution >= 0.6 is 11.6 Å². The molecule has 2 atom stereocenters. The van der Waals surface area contributed by atoms with Crippen LogP contribution in [0, 0.1) is 6.92 Å². The summed E-state index contributed by atoms with van der Waals surface area (Å²) < 4.78 is 19.3. The first kappa shape index (κ1) is 13.8. The lowest BCUT2D eigenvalue weighted by atomic mass is 10.1. The first-order valence-electron chi connectivity index (χ1n) is 5.74. The number of hydrogen-bond donors (Lipinski definition) is 1. The van der Waals surface area contributed by atoms with Gasteiger partial charge in [-0.1, -0.05) is 11.6 Å². The summed E-state index contributed by atoms with van der Waals surface area (Å²) in [5, 5.41) is 9.05. The van der Waals surface area contributed by atoms with Crippen molar-refractivity contribution in [3.63, 3.8) is 0 Å². The Kier molecular flexibility index (Phi) is 4.04. The summed E-state index contributed by atoms with van der Waals surface area (Å²) in [6, 6.07) is 0. The fourth-order valence-corrected chi connectivity index (χ4v) is 1.99. The van der Waals surface area contributed by atoms with E-state index in [1.165, 1.54) is 6.33 Å². The second-order valence-corrected chi connectivity index (χ2v) is 4.64. The number of amides is 1. The van der Waals surface area contributed by atoms with E-state index in [-0.39, 0.29) is 30.5 Å². The predicted octanol–water partition coefficient (Wildman–Crippen LogP) is 1.91. The van der Waals surface area contributed by atoms with Gasteiger partial charge < -0.3 is 14.7 Å². The van der Waals surface area contributed by atoms with Gasteiger partial charge in [-0.2, -0.15) is 0 Å². The van der Waals surface area contributed by atoms with Crippen molar-refractivity contribution in [2.45, 2.75) is 25.6 Å². The van der Waals surface area contributed by atoms with E-state index in [1.807, 2.05) is 0 Å². The van der Waals surface area contributed by atoms with Gasteiger partial charge in [0.15, 0.2) is 6.17 Å². The molecule has 0 radical (unpaired) electrons. The average Bonchev–Trinajstić information content (AvgIpc) is 2.37. The van der Waals surface area contributed by atoms with Gasteiger partial charge >= 0.3 is 6.09 Å². The highest BCUT2D eigenvalue weighted by Crippen LogP contribution is 2.25. The Morgan fingerprint density at radius 2 is 2.37 bits per heavy atom. The highest BCUT2D eigenvalue weighted by molar-refractivity contribution is 6.30. The molecular formula is C11H13ClFN3O3. The third-order valence-electron chi connectivity index (χ3n) is 2.99. The molecule has 0 aromatic carbocycles. The second kappa shape index (κ2) is 5.56. The largest absolute Gasteiger partial charge is 0.471 e. The maximum Gasteiger partial charge on any atom is 0.407 e. The lowest BCUT2D eigenvalue weighted by molar-refractivity contribution is 0.0222. The average molecular weight is 290 g/mol. The lowest BCUT2D eigenvalue weighted by Crippen LogP contribution is -2.48. The predicted molar refractivity (Wildman–Crippen MR) is 65.3 cm³/mol. The molecule has 1 N–H and O–H groups in total. The zero-order chi connectivity index (χ0) is 14.0. The molecule has 1 aromatic rings. The Hall–Kier alpha value is -1.63. The van der Waals surface area contributed by atoms with E-state index in [0.29, 0.717) is 5.56 Å². The second-order valence-electron chi connectivity index (χ2n) is 4.28. The van der Waals surface area contributed by atoms with E-state index < -0.39 is 18.4 Å². The van der Waals surface area contributed by atoms with E-state index in [4.69, 9.17) is 21.4 Å². The SMILES string of the molecule is Cc1c(Cl)ncnc1O[C@H]1CCN(C(=O)O)C[C@H]1F. The number of likely N-dealkylation sites (tertiary alicyclic amines) is 1. The Morgan fingerprint density at radius 1 is 1.63 bits per heavy atom. The molecule has 1 aliphatic heterocycles. The minimum Gasteiger partial charge on any atom is -0.471 e. The molecule has 0 spiro atoms. The molecule has 1 aliphatic rings. The van der Waals surface area contributed by atoms with Gasteiger partial charge in [-0.05, 0) is 6.92 Å². The van der Waals surface area contributed by atoms with Crippen LogP contribution in [-0.2, 0) is 0 Å². The molecule has 1 fully saturated rings. The molecule has 1 aromatic heterocycles. The first-order chi connectivity index (χ1) is 8.99. The fraction of sp³-hybridized carbons (Fsp3) is 0.545. The molecule has 0 bridgehead atoms. The van der Waals surface area contributed by atoms with Crippen LogP contribution in [0.2, 0.25) is 5.15 Å². The maximum absolute atomic E-state index is 13.9. The number of rotatable bonds is 2. The number of piperidine rings is 1. The van der Waals surface area contributed by atoms with Crippen molar-refractivity contribution in [1.82, 2.24) is 14.9 Å². The number of carboxylic acid groups (broad SMARTS) is 1. The number of halogens is 2. The monoisotopic (exact) mass is 289 g/mol. The molecule has 6 nitrogen and oxygen atoms in total. The summed E-state index contributed by atoms with van der Waals surface area (Å²) in [6.07, 6.45) is -1.72. The fourth-order valence-electron chi connectivity index (χ4n) is 1.87. The maximum atomic E-state index is 13.9. The molecule has 1 amide bonds. The summed E-state index contributed by atoms with van der Waals surface area (Å²) in [4.78, 5) is 19.5. The summed E-state index contributed by atoms with van der Waals surface area (Å²) in [5.41, 5.74) is 0.539. The highest BCUT2D eigenvalue weighted by Gasteiger charge is 2.33. The molecule has 0 aliphatic carbocycles. The van der Waals surface area contributed by atoms with Gasteiger partial charge in [0.1, 0.15) is 17.6 Å². The van der Waals surface area contributed by atoms with E-state index in [1.54, 1.807) is 6.92 Å². The normalized spacial score (nSPS) is 23.2. The van der Waals surface area contributed by atoms with Gasteiger partial charge in [0, 0.05) is 18.5 Å². The molecule has 0 saturated carbocycles. The molecule has 2 rings (SSSR count). The minimum absolute atomic E-state index is 0.197. The van der Waals surface area contributed by atoms with Crippen LogP contribution in [0.15, 0.2) is 6.33 Å². The Morgan fingerprint density at radius 3 is 3.00 bits per heavy atom. The van der Waals surface area contributed by atoms with E-state index in [9.17, 15) is 9.18 Å². The number of aromatic nitrogens is 2. The number of hydrogen-bond acceptors (Lipinski definition) is 4. The Bertz CT molecular complexity index is 488.